The molecule has 2 aliphatic rings. The molecule has 1 fully saturated rings. The second kappa shape index (κ2) is 4.78. The van der Waals surface area contributed by atoms with Gasteiger partial charge in [0.05, 0.1) is 24.9 Å². The van der Waals surface area contributed by atoms with Gasteiger partial charge in [-0.25, -0.2) is 0 Å². The summed E-state index contributed by atoms with van der Waals surface area (Å²) in [6, 6.07) is 0.451. The average Bonchev–Trinajstić information content (AvgIpc) is 2.78. The second-order valence-corrected chi connectivity index (χ2v) is 4.93. The number of hydrogen-bond donors (Lipinski definition) is 1. The summed E-state index contributed by atoms with van der Waals surface area (Å²) in [6.45, 7) is 5.86. The van der Waals surface area contributed by atoms with E-state index in [9.17, 15) is 0 Å². The zero-order chi connectivity index (χ0) is 11.7. The Bertz CT molecular complexity index is 394. The van der Waals surface area contributed by atoms with Crippen LogP contribution in [0.15, 0.2) is 0 Å². The molecule has 3 heterocycles. The van der Waals surface area contributed by atoms with Gasteiger partial charge >= 0.3 is 0 Å². The Hall–Kier alpha value is -0.870. The van der Waals surface area contributed by atoms with E-state index >= 15 is 0 Å². The molecule has 94 valence electrons. The lowest BCUT2D eigenvalue weighted by molar-refractivity contribution is 0.108. The molecule has 0 unspecified atom stereocenters. The molecule has 1 N–H and O–H groups in total. The lowest BCUT2D eigenvalue weighted by Gasteiger charge is -2.23. The molecule has 4 nitrogen and oxygen atoms in total. The van der Waals surface area contributed by atoms with Gasteiger partial charge in [-0.1, -0.05) is 6.42 Å². The topological polar surface area (TPSA) is 39.1 Å². The highest BCUT2D eigenvalue weighted by Gasteiger charge is 2.26. The molecule has 0 amide bonds. The maximum Gasteiger partial charge on any atom is 0.0852 e. The molecule has 0 aromatic carbocycles. The number of fused-ring (bicyclic) bond motifs is 1. The van der Waals surface area contributed by atoms with Crippen molar-refractivity contribution in [3.8, 4) is 0 Å². The Morgan fingerprint density at radius 2 is 2.41 bits per heavy atom. The van der Waals surface area contributed by atoms with Gasteiger partial charge in [0.1, 0.15) is 0 Å². The predicted octanol–water partition coefficient (Wildman–Crippen LogP) is 1.79. The van der Waals surface area contributed by atoms with Crippen LogP contribution in [0, 0.1) is 0 Å². The van der Waals surface area contributed by atoms with Gasteiger partial charge in [-0.2, -0.15) is 5.10 Å². The third kappa shape index (κ3) is 2.00. The van der Waals surface area contributed by atoms with Crippen LogP contribution in [0.4, 0.5) is 0 Å². The maximum atomic E-state index is 5.60. The second-order valence-electron chi connectivity index (χ2n) is 4.93. The van der Waals surface area contributed by atoms with Gasteiger partial charge in [0.15, 0.2) is 0 Å². The van der Waals surface area contributed by atoms with Crippen LogP contribution in [0.3, 0.4) is 0 Å². The van der Waals surface area contributed by atoms with Crippen LogP contribution in [0.25, 0.3) is 0 Å². The molecule has 0 radical (unpaired) electrons. The van der Waals surface area contributed by atoms with E-state index in [1.165, 1.54) is 36.2 Å². The van der Waals surface area contributed by atoms with E-state index in [2.05, 4.69) is 16.9 Å². The van der Waals surface area contributed by atoms with Crippen molar-refractivity contribution in [2.45, 2.75) is 51.8 Å². The first-order valence-electron chi connectivity index (χ1n) is 6.79. The number of ether oxygens (including phenoxy) is 1. The summed E-state index contributed by atoms with van der Waals surface area (Å²) >= 11 is 0. The number of hydrogen-bond acceptors (Lipinski definition) is 3. The first-order chi connectivity index (χ1) is 8.40. The minimum atomic E-state index is 0.451. The van der Waals surface area contributed by atoms with Crippen molar-refractivity contribution in [1.82, 2.24) is 15.1 Å². The fourth-order valence-electron chi connectivity index (χ4n) is 2.96. The molecule has 3 rings (SSSR count). The molecule has 4 heteroatoms. The quantitative estimate of drug-likeness (QED) is 0.849. The van der Waals surface area contributed by atoms with Gasteiger partial charge in [0.25, 0.3) is 0 Å². The Labute approximate surface area is 102 Å². The lowest BCUT2D eigenvalue weighted by Crippen LogP contribution is -2.28. The standard InChI is InChI=1S/C13H21N3O/c1-2-16-12-6-8-17-9-10(12)13(15-16)11-5-3-4-7-14-11/h11,14H,2-9H2,1H3/t11-/m0/s1. The Kier molecular flexibility index (Phi) is 3.16. The van der Waals surface area contributed by atoms with Crippen molar-refractivity contribution in [2.75, 3.05) is 13.2 Å². The van der Waals surface area contributed by atoms with E-state index in [0.717, 1.165) is 32.7 Å². The zero-order valence-corrected chi connectivity index (χ0v) is 10.5. The largest absolute Gasteiger partial charge is 0.376 e. The molecular weight excluding hydrogens is 214 g/mol. The fourth-order valence-corrected chi connectivity index (χ4v) is 2.96. The van der Waals surface area contributed by atoms with Crippen LogP contribution in [-0.2, 0) is 24.3 Å². The minimum Gasteiger partial charge on any atom is -0.376 e. The van der Waals surface area contributed by atoms with Crippen molar-refractivity contribution in [3.05, 3.63) is 17.0 Å². The van der Waals surface area contributed by atoms with E-state index in [4.69, 9.17) is 9.84 Å². The molecule has 0 bridgehead atoms. The third-order valence-electron chi connectivity index (χ3n) is 3.87. The van der Waals surface area contributed by atoms with E-state index < -0.39 is 0 Å². The van der Waals surface area contributed by atoms with Crippen LogP contribution in [0.2, 0.25) is 0 Å². The summed E-state index contributed by atoms with van der Waals surface area (Å²) in [6.07, 6.45) is 4.84. The van der Waals surface area contributed by atoms with Gasteiger partial charge in [-0.15, -0.1) is 0 Å². The number of nitrogens with one attached hydrogen (secondary N) is 1. The summed E-state index contributed by atoms with van der Waals surface area (Å²) in [4.78, 5) is 0. The van der Waals surface area contributed by atoms with E-state index in [1.807, 2.05) is 0 Å². The molecule has 0 saturated carbocycles. The summed E-state index contributed by atoms with van der Waals surface area (Å²) < 4.78 is 7.77. The van der Waals surface area contributed by atoms with Crippen LogP contribution in [0.1, 0.15) is 49.2 Å². The molecule has 1 aromatic rings. The summed E-state index contributed by atoms with van der Waals surface area (Å²) in [5.74, 6) is 0. The van der Waals surface area contributed by atoms with Gasteiger partial charge in [0.2, 0.25) is 0 Å². The van der Waals surface area contributed by atoms with Gasteiger partial charge in [-0.3, -0.25) is 4.68 Å². The first kappa shape index (κ1) is 11.2. The van der Waals surface area contributed by atoms with Crippen molar-refractivity contribution in [1.29, 1.82) is 0 Å². The molecule has 0 aliphatic carbocycles. The van der Waals surface area contributed by atoms with Crippen LogP contribution in [0.5, 0.6) is 0 Å². The highest BCUT2D eigenvalue weighted by molar-refractivity contribution is 5.30. The number of aryl methyl sites for hydroxylation is 1. The SMILES string of the molecule is CCn1nc([C@@H]2CCCCN2)c2c1CCOC2. The first-order valence-corrected chi connectivity index (χ1v) is 6.79. The molecule has 1 atom stereocenters. The van der Waals surface area contributed by atoms with Crippen LogP contribution >= 0.6 is 0 Å². The molecule has 17 heavy (non-hydrogen) atoms. The van der Waals surface area contributed by atoms with Gasteiger partial charge < -0.3 is 10.1 Å². The molecule has 2 aliphatic heterocycles. The Morgan fingerprint density at radius 1 is 1.47 bits per heavy atom. The van der Waals surface area contributed by atoms with Crippen molar-refractivity contribution < 1.29 is 4.74 Å². The number of aromatic nitrogens is 2. The monoisotopic (exact) mass is 235 g/mol. The molecule has 1 aromatic heterocycles. The number of nitrogens with zero attached hydrogens (tertiary/aromatic N) is 2. The minimum absolute atomic E-state index is 0.451. The van der Waals surface area contributed by atoms with Crippen molar-refractivity contribution >= 4 is 0 Å². The molecule has 1 saturated heterocycles. The average molecular weight is 235 g/mol. The predicted molar refractivity (Wildman–Crippen MR) is 65.9 cm³/mol. The highest BCUT2D eigenvalue weighted by Crippen LogP contribution is 2.29. The summed E-state index contributed by atoms with van der Waals surface area (Å²) in [5, 5.41) is 8.40. The van der Waals surface area contributed by atoms with E-state index in [1.54, 1.807) is 0 Å². The number of rotatable bonds is 2. The van der Waals surface area contributed by atoms with Gasteiger partial charge in [0, 0.05) is 24.2 Å². The maximum absolute atomic E-state index is 5.60. The van der Waals surface area contributed by atoms with Crippen LogP contribution < -0.4 is 5.32 Å². The molecule has 0 spiro atoms. The van der Waals surface area contributed by atoms with E-state index in [0.29, 0.717) is 6.04 Å². The Balaban J connectivity index is 1.95. The Morgan fingerprint density at radius 3 is 3.18 bits per heavy atom. The zero-order valence-electron chi connectivity index (χ0n) is 10.5. The smallest absolute Gasteiger partial charge is 0.0852 e. The van der Waals surface area contributed by atoms with E-state index in [-0.39, 0.29) is 0 Å². The lowest BCUT2D eigenvalue weighted by atomic mass is 9.97. The number of piperidine rings is 1. The van der Waals surface area contributed by atoms with Gasteiger partial charge in [-0.05, 0) is 26.3 Å². The van der Waals surface area contributed by atoms with Crippen molar-refractivity contribution in [3.63, 3.8) is 0 Å². The highest BCUT2D eigenvalue weighted by atomic mass is 16.5. The van der Waals surface area contributed by atoms with Crippen LogP contribution in [-0.4, -0.2) is 22.9 Å². The fraction of sp³-hybridized carbons (Fsp3) is 0.769. The molecular formula is C13H21N3O. The summed E-state index contributed by atoms with van der Waals surface area (Å²) in [7, 11) is 0. The third-order valence-corrected chi connectivity index (χ3v) is 3.87. The normalized spacial score (nSPS) is 24.6. The summed E-state index contributed by atoms with van der Waals surface area (Å²) in [5.41, 5.74) is 4.01. The van der Waals surface area contributed by atoms with Crippen molar-refractivity contribution in [2.24, 2.45) is 0 Å².